The van der Waals surface area contributed by atoms with Crippen LogP contribution in [-0.4, -0.2) is 59.9 Å². The lowest BCUT2D eigenvalue weighted by atomic mass is 10.0. The molecule has 12 nitrogen and oxygen atoms in total. The van der Waals surface area contributed by atoms with Crippen LogP contribution in [0.2, 0.25) is 0 Å². The quantitative estimate of drug-likeness (QED) is 0.176. The average Bonchev–Trinajstić information content (AvgIpc) is 3.62. The van der Waals surface area contributed by atoms with E-state index >= 15 is 0 Å². The fourth-order valence-corrected chi connectivity index (χ4v) is 5.07. The molecule has 0 saturated heterocycles. The third-order valence-corrected chi connectivity index (χ3v) is 7.19. The summed E-state index contributed by atoms with van der Waals surface area (Å²) in [5.41, 5.74) is -0.653. The summed E-state index contributed by atoms with van der Waals surface area (Å²) >= 11 is 0. The van der Waals surface area contributed by atoms with Gasteiger partial charge < -0.3 is 25.6 Å². The molecule has 37 heavy (non-hydrogen) atoms. The van der Waals surface area contributed by atoms with Gasteiger partial charge in [0.1, 0.15) is 0 Å². The van der Waals surface area contributed by atoms with Gasteiger partial charge in [0.05, 0.1) is 4.90 Å². The van der Waals surface area contributed by atoms with E-state index in [-0.39, 0.29) is 30.7 Å². The number of carbonyl (C=O) groups is 2. The van der Waals surface area contributed by atoms with Gasteiger partial charge in [0.15, 0.2) is 5.95 Å². The van der Waals surface area contributed by atoms with Crippen molar-refractivity contribution < 1.29 is 28.0 Å². The first kappa shape index (κ1) is 25.9. The summed E-state index contributed by atoms with van der Waals surface area (Å²) in [5, 5.41) is 19.0. The second-order valence-electron chi connectivity index (χ2n) is 8.28. The Hall–Kier alpha value is -4.23. The monoisotopic (exact) mass is 526 g/mol. The number of imidazole rings is 1. The maximum absolute atomic E-state index is 13.3. The van der Waals surface area contributed by atoms with E-state index in [1.165, 1.54) is 18.3 Å². The van der Waals surface area contributed by atoms with Gasteiger partial charge in [-0.25, -0.2) is 18.2 Å². The van der Waals surface area contributed by atoms with Crippen molar-refractivity contribution in [3.63, 3.8) is 0 Å². The molecular weight excluding hydrogens is 500 g/mol. The Kier molecular flexibility index (Phi) is 7.84. The third kappa shape index (κ3) is 6.32. The van der Waals surface area contributed by atoms with Gasteiger partial charge in [-0.1, -0.05) is 47.6 Å². The summed E-state index contributed by atoms with van der Waals surface area (Å²) in [5.74, 6) is -1.90. The number of carboxylic acid groups (broad SMARTS) is 1. The number of nitrogens with zero attached hydrogens (tertiary/aromatic N) is 2. The molecule has 1 aliphatic rings. The number of benzene rings is 2. The SMILES string of the molecule is O=C(NC(CCCNc1ncc[nH]1)(NS(=O)(=O)c1ccc(-c2ccccc2)cc1)C(=O)O)C1CC=NO1. The number of amides is 1. The van der Waals surface area contributed by atoms with E-state index in [1.807, 2.05) is 30.3 Å². The molecule has 13 heteroatoms. The highest BCUT2D eigenvalue weighted by molar-refractivity contribution is 7.89. The van der Waals surface area contributed by atoms with Gasteiger partial charge >= 0.3 is 5.97 Å². The van der Waals surface area contributed by atoms with Gasteiger partial charge in [0, 0.05) is 31.6 Å². The van der Waals surface area contributed by atoms with Crippen LogP contribution in [0.5, 0.6) is 0 Å². The summed E-state index contributed by atoms with van der Waals surface area (Å²) in [7, 11) is -4.37. The molecule has 2 atom stereocenters. The number of sulfonamides is 1. The van der Waals surface area contributed by atoms with Crippen molar-refractivity contribution in [1.29, 1.82) is 0 Å². The second-order valence-corrected chi connectivity index (χ2v) is 9.96. The van der Waals surface area contributed by atoms with Crippen LogP contribution in [0, 0.1) is 0 Å². The minimum atomic E-state index is -4.37. The fraction of sp³-hybridized carbons (Fsp3) is 0.250. The number of aromatic nitrogens is 2. The summed E-state index contributed by atoms with van der Waals surface area (Å²) in [6, 6.07) is 15.4. The maximum atomic E-state index is 13.3. The molecule has 1 aromatic heterocycles. The number of aliphatic carboxylic acids is 1. The number of nitrogens with one attached hydrogen (secondary N) is 4. The molecule has 0 bridgehead atoms. The summed E-state index contributed by atoms with van der Waals surface area (Å²) in [6.07, 6.45) is 3.51. The lowest BCUT2D eigenvalue weighted by molar-refractivity contribution is -0.150. The molecule has 2 heterocycles. The zero-order chi connectivity index (χ0) is 26.3. The largest absolute Gasteiger partial charge is 0.478 e. The summed E-state index contributed by atoms with van der Waals surface area (Å²) < 4.78 is 28.8. The van der Waals surface area contributed by atoms with Gasteiger partial charge in [-0.2, -0.15) is 4.72 Å². The van der Waals surface area contributed by atoms with Gasteiger partial charge in [-0.05, 0) is 36.1 Å². The number of hydrogen-bond donors (Lipinski definition) is 5. The number of hydrogen-bond acceptors (Lipinski definition) is 8. The second kappa shape index (κ2) is 11.2. The summed E-state index contributed by atoms with van der Waals surface area (Å²) in [6.45, 7) is 0.259. The van der Waals surface area contributed by atoms with E-state index in [2.05, 4.69) is 30.5 Å². The van der Waals surface area contributed by atoms with Crippen molar-refractivity contribution >= 4 is 34.1 Å². The number of carboxylic acids is 1. The fourth-order valence-electron chi connectivity index (χ4n) is 3.75. The number of oxime groups is 1. The molecule has 0 saturated carbocycles. The lowest BCUT2D eigenvalue weighted by Crippen LogP contribution is -2.66. The van der Waals surface area contributed by atoms with Crippen molar-refractivity contribution in [3.05, 3.63) is 67.0 Å². The van der Waals surface area contributed by atoms with E-state index < -0.39 is 33.7 Å². The lowest BCUT2D eigenvalue weighted by Gasteiger charge is -2.32. The molecule has 0 radical (unpaired) electrons. The first-order valence-corrected chi connectivity index (χ1v) is 12.9. The topological polar surface area (TPSA) is 175 Å². The van der Waals surface area contributed by atoms with E-state index in [0.717, 1.165) is 11.1 Å². The zero-order valence-corrected chi connectivity index (χ0v) is 20.4. The smallest absolute Gasteiger partial charge is 0.345 e. The standard InChI is InChI=1S/C24H26N6O6S/c31-21(20-11-14-28-36-20)29-24(22(32)33,12-4-13-25-23-26-15-16-27-23)30-37(34,35)19-9-7-18(8-10-19)17-5-2-1-3-6-17/h1-3,5-10,14-16,20,30H,4,11-13H2,(H,29,31)(H,32,33)(H2,25,26,27). The van der Waals surface area contributed by atoms with Crippen LogP contribution >= 0.6 is 0 Å². The molecule has 0 spiro atoms. The Bertz CT molecular complexity index is 1340. The number of rotatable bonds is 12. The normalized spacial score (nSPS) is 16.5. The van der Waals surface area contributed by atoms with Gasteiger partial charge in [-0.3, -0.25) is 4.79 Å². The average molecular weight is 527 g/mol. The van der Waals surface area contributed by atoms with Crippen molar-refractivity contribution in [1.82, 2.24) is 20.0 Å². The zero-order valence-electron chi connectivity index (χ0n) is 19.6. The molecule has 2 aromatic carbocycles. The molecule has 4 rings (SSSR count). The Morgan fingerprint density at radius 1 is 1.11 bits per heavy atom. The van der Waals surface area contributed by atoms with Crippen LogP contribution in [0.4, 0.5) is 5.95 Å². The van der Waals surface area contributed by atoms with Crippen molar-refractivity contribution in [2.45, 2.75) is 35.9 Å². The Morgan fingerprint density at radius 2 is 1.84 bits per heavy atom. The predicted molar refractivity (Wildman–Crippen MR) is 135 cm³/mol. The van der Waals surface area contributed by atoms with Gasteiger partial charge in [0.2, 0.25) is 21.8 Å². The van der Waals surface area contributed by atoms with Crippen LogP contribution in [-0.2, 0) is 24.4 Å². The molecule has 0 aliphatic carbocycles. The summed E-state index contributed by atoms with van der Waals surface area (Å²) in [4.78, 5) is 36.9. The molecule has 1 aliphatic heterocycles. The Balaban J connectivity index is 1.55. The maximum Gasteiger partial charge on any atom is 0.345 e. The van der Waals surface area contributed by atoms with E-state index in [0.29, 0.717) is 5.95 Å². The van der Waals surface area contributed by atoms with Crippen LogP contribution in [0.15, 0.2) is 77.0 Å². The highest BCUT2D eigenvalue weighted by Gasteiger charge is 2.45. The number of carbonyl (C=O) groups excluding carboxylic acids is 1. The molecule has 1 amide bonds. The number of aromatic amines is 1. The van der Waals surface area contributed by atoms with Crippen LogP contribution in [0.25, 0.3) is 11.1 Å². The molecule has 194 valence electrons. The third-order valence-electron chi connectivity index (χ3n) is 5.68. The molecule has 2 unspecified atom stereocenters. The molecule has 5 N–H and O–H groups in total. The minimum Gasteiger partial charge on any atom is -0.478 e. The highest BCUT2D eigenvalue weighted by atomic mass is 32.2. The minimum absolute atomic E-state index is 0.134. The first-order valence-electron chi connectivity index (χ1n) is 11.4. The predicted octanol–water partition coefficient (Wildman–Crippen LogP) is 1.92. The van der Waals surface area contributed by atoms with Crippen molar-refractivity contribution in [2.75, 3.05) is 11.9 Å². The number of H-pyrrole nitrogens is 1. The Morgan fingerprint density at radius 3 is 2.46 bits per heavy atom. The van der Waals surface area contributed by atoms with E-state index in [1.54, 1.807) is 24.5 Å². The first-order chi connectivity index (χ1) is 17.8. The van der Waals surface area contributed by atoms with Gasteiger partial charge in [-0.15, -0.1) is 0 Å². The molecule has 0 fully saturated rings. The van der Waals surface area contributed by atoms with E-state index in [9.17, 15) is 23.1 Å². The van der Waals surface area contributed by atoms with Gasteiger partial charge in [0.25, 0.3) is 5.91 Å². The van der Waals surface area contributed by atoms with E-state index in [4.69, 9.17) is 4.84 Å². The number of anilines is 1. The Labute approximate surface area is 213 Å². The van der Waals surface area contributed by atoms with Crippen molar-refractivity contribution in [2.24, 2.45) is 5.16 Å². The molecule has 3 aromatic rings. The van der Waals surface area contributed by atoms with Crippen LogP contribution in [0.3, 0.4) is 0 Å². The highest BCUT2D eigenvalue weighted by Crippen LogP contribution is 2.23. The van der Waals surface area contributed by atoms with Crippen molar-refractivity contribution in [3.8, 4) is 11.1 Å². The van der Waals surface area contributed by atoms with Crippen LogP contribution in [0.1, 0.15) is 19.3 Å². The van der Waals surface area contributed by atoms with Crippen LogP contribution < -0.4 is 15.4 Å². The molecular formula is C24H26N6O6S.